The largest absolute Gasteiger partial charge is 2.00 e. The van der Waals surface area contributed by atoms with E-state index in [0.717, 1.165) is 37.7 Å². The predicted molar refractivity (Wildman–Crippen MR) is 191 cm³/mol. The van der Waals surface area contributed by atoms with E-state index >= 15 is 0 Å². The fourth-order valence-corrected chi connectivity index (χ4v) is 5.87. The molecule has 0 amide bonds. The monoisotopic (exact) mass is 678 g/mol. The molecule has 0 fully saturated rings. The number of carboxylic acid groups (broad SMARTS) is 2. The molecule has 0 saturated heterocycles. The predicted octanol–water partition coefficient (Wildman–Crippen LogP) is 9.54. The van der Waals surface area contributed by atoms with Gasteiger partial charge in [-0.25, -0.2) is 4.79 Å². The molecule has 2 N–H and O–H groups in total. The first-order valence-electron chi connectivity index (χ1n) is 18.4. The summed E-state index contributed by atoms with van der Waals surface area (Å²) in [7, 11) is 0. The van der Waals surface area contributed by atoms with Crippen LogP contribution in [0.5, 0.6) is 11.5 Å². The zero-order chi connectivity index (χ0) is 33.8. The molecule has 0 saturated carbocycles. The Labute approximate surface area is 315 Å². The van der Waals surface area contributed by atoms with Gasteiger partial charge in [0.05, 0.1) is 5.97 Å². The molecule has 0 radical (unpaired) electrons. The zero-order valence-electron chi connectivity index (χ0n) is 29.7. The van der Waals surface area contributed by atoms with Gasteiger partial charge in [0.15, 0.2) is 0 Å². The van der Waals surface area contributed by atoms with Crippen molar-refractivity contribution in [1.29, 1.82) is 0 Å². The minimum atomic E-state index is -1.38. The molecule has 0 aliphatic carbocycles. The summed E-state index contributed by atoms with van der Waals surface area (Å²) in [6, 6.07) is 9.64. The summed E-state index contributed by atoms with van der Waals surface area (Å²) in [5, 5.41) is 41.7. The second-order valence-electron chi connectivity index (χ2n) is 12.8. The summed E-state index contributed by atoms with van der Waals surface area (Å²) < 4.78 is 0. The Morgan fingerprint density at radius 2 is 0.894 bits per heavy atom. The molecular weight excluding hydrogens is 617 g/mol. The number of unbranched alkanes of at least 4 members (excludes halogenated alkanes) is 20. The Morgan fingerprint density at radius 1 is 0.553 bits per heavy atom. The summed E-state index contributed by atoms with van der Waals surface area (Å²) in [5.41, 5.74) is 1.14. The van der Waals surface area contributed by atoms with Crippen molar-refractivity contribution in [1.82, 2.24) is 0 Å². The van der Waals surface area contributed by atoms with Crippen molar-refractivity contribution >= 4 is 49.7 Å². The van der Waals surface area contributed by atoms with Gasteiger partial charge in [0.1, 0.15) is 11.3 Å². The molecule has 7 heteroatoms. The van der Waals surface area contributed by atoms with Gasteiger partial charge in [-0.1, -0.05) is 184 Å². The third-order valence-corrected chi connectivity index (χ3v) is 8.77. The summed E-state index contributed by atoms with van der Waals surface area (Å²) >= 11 is 0. The molecule has 47 heavy (non-hydrogen) atoms. The summed E-state index contributed by atoms with van der Waals surface area (Å²) in [5.74, 6) is -2.88. The first-order valence-corrected chi connectivity index (χ1v) is 18.4. The zero-order valence-corrected chi connectivity index (χ0v) is 31.9. The summed E-state index contributed by atoms with van der Waals surface area (Å²) in [6.45, 7) is 4.49. The minimum absolute atomic E-state index is 0. The number of carbonyl (C=O) groups excluding carboxylic acids is 1. The van der Waals surface area contributed by atoms with E-state index in [1.807, 2.05) is 6.07 Å². The molecule has 0 atom stereocenters. The van der Waals surface area contributed by atoms with Crippen LogP contribution in [-0.4, -0.2) is 59.9 Å². The normalized spacial score (nSPS) is 10.6. The molecule has 2 aromatic carbocycles. The van der Waals surface area contributed by atoms with Crippen molar-refractivity contribution in [2.45, 2.75) is 168 Å². The van der Waals surface area contributed by atoms with E-state index < -0.39 is 11.9 Å². The molecular formula is C40H62CaO6. The number of hydrogen-bond acceptors (Lipinski definition) is 5. The van der Waals surface area contributed by atoms with Gasteiger partial charge in [-0.15, -0.1) is 0 Å². The van der Waals surface area contributed by atoms with Gasteiger partial charge in [-0.05, 0) is 42.9 Å². The molecule has 2 aromatic rings. The Kier molecular flexibility index (Phi) is 29.2. The van der Waals surface area contributed by atoms with E-state index in [1.165, 1.54) is 128 Å². The molecule has 0 aliphatic rings. The maximum absolute atomic E-state index is 11.9. The van der Waals surface area contributed by atoms with Gasteiger partial charge in [-0.3, -0.25) is 0 Å². The van der Waals surface area contributed by atoms with Crippen molar-refractivity contribution in [3.05, 3.63) is 58.7 Å². The van der Waals surface area contributed by atoms with Gasteiger partial charge in [0.25, 0.3) is 0 Å². The Bertz CT molecular complexity index is 1000. The van der Waals surface area contributed by atoms with Crippen LogP contribution < -0.4 is 10.2 Å². The number of aromatic carboxylic acids is 2. The van der Waals surface area contributed by atoms with E-state index in [1.54, 1.807) is 18.2 Å². The number of benzene rings is 2. The Morgan fingerprint density at radius 3 is 1.28 bits per heavy atom. The fourth-order valence-electron chi connectivity index (χ4n) is 5.87. The number of aryl methyl sites for hydroxylation is 2. The maximum atomic E-state index is 11.9. The second kappa shape index (κ2) is 30.3. The Balaban J connectivity index is 0.000000882. The number of carbonyl (C=O) groups is 2. The van der Waals surface area contributed by atoms with Gasteiger partial charge in [-0.2, -0.15) is 0 Å². The van der Waals surface area contributed by atoms with E-state index in [4.69, 9.17) is 5.11 Å². The molecule has 0 unspecified atom stereocenters. The first-order chi connectivity index (χ1) is 22.3. The Hall–Kier alpha value is -1.76. The van der Waals surface area contributed by atoms with Crippen LogP contribution in [0.15, 0.2) is 36.4 Å². The van der Waals surface area contributed by atoms with Crippen LogP contribution in [0.2, 0.25) is 0 Å². The van der Waals surface area contributed by atoms with Crippen LogP contribution >= 0.6 is 0 Å². The third-order valence-electron chi connectivity index (χ3n) is 8.77. The average molecular weight is 679 g/mol. The number of hydrogen-bond donors (Lipinski definition) is 2. The van der Waals surface area contributed by atoms with Crippen molar-refractivity contribution in [3.8, 4) is 11.5 Å². The van der Waals surface area contributed by atoms with Crippen molar-refractivity contribution in [2.75, 3.05) is 0 Å². The van der Waals surface area contributed by atoms with Crippen LogP contribution in [0.1, 0.15) is 187 Å². The van der Waals surface area contributed by atoms with Crippen LogP contribution in [0.3, 0.4) is 0 Å². The molecule has 0 aromatic heterocycles. The number of para-hydroxylation sites is 2. The number of aromatic hydroxyl groups is 1. The number of rotatable bonds is 26. The van der Waals surface area contributed by atoms with E-state index in [2.05, 4.69) is 13.8 Å². The third kappa shape index (κ3) is 21.8. The SMILES string of the molecule is CCCCCCCCCCCCCc1cccc(C(=O)O)c1O.CCCCCCCCCCCCCc1cccc(C(=O)[O-])c1[O-].[Ca+2]. The second-order valence-corrected chi connectivity index (χ2v) is 12.8. The van der Waals surface area contributed by atoms with E-state index in [0.29, 0.717) is 12.0 Å². The summed E-state index contributed by atoms with van der Waals surface area (Å²) in [6.07, 6.45) is 29.5. The van der Waals surface area contributed by atoms with E-state index in [-0.39, 0.29) is 60.4 Å². The minimum Gasteiger partial charge on any atom is -0.872 e. The van der Waals surface area contributed by atoms with Gasteiger partial charge in [0, 0.05) is 0 Å². The molecule has 0 heterocycles. The first kappa shape index (κ1) is 45.2. The number of carboxylic acids is 2. The van der Waals surface area contributed by atoms with Crippen LogP contribution in [0, 0.1) is 0 Å². The van der Waals surface area contributed by atoms with Crippen LogP contribution in [0.25, 0.3) is 0 Å². The average Bonchev–Trinajstić information content (AvgIpc) is 3.04. The molecule has 6 nitrogen and oxygen atoms in total. The molecule has 0 aliphatic heterocycles. The van der Waals surface area contributed by atoms with Crippen molar-refractivity contribution in [2.24, 2.45) is 0 Å². The topological polar surface area (TPSA) is 121 Å². The van der Waals surface area contributed by atoms with Crippen LogP contribution in [-0.2, 0) is 12.8 Å². The molecule has 0 spiro atoms. The maximum Gasteiger partial charge on any atom is 2.00 e. The van der Waals surface area contributed by atoms with Crippen molar-refractivity contribution in [3.63, 3.8) is 0 Å². The summed E-state index contributed by atoms with van der Waals surface area (Å²) in [4.78, 5) is 21.8. The molecule has 260 valence electrons. The molecule has 0 bridgehead atoms. The van der Waals surface area contributed by atoms with Gasteiger partial charge in [0.2, 0.25) is 0 Å². The smallest absolute Gasteiger partial charge is 0.872 e. The van der Waals surface area contributed by atoms with Crippen LogP contribution in [0.4, 0.5) is 0 Å². The molecule has 2 rings (SSSR count). The van der Waals surface area contributed by atoms with E-state index in [9.17, 15) is 24.9 Å². The van der Waals surface area contributed by atoms with Crippen molar-refractivity contribution < 1.29 is 30.0 Å². The fraction of sp³-hybridized carbons (Fsp3) is 0.650. The number of phenols is 1. The van der Waals surface area contributed by atoms with Gasteiger partial charge < -0.3 is 25.2 Å². The standard InChI is InChI=1S/2C20H32O3.Ca/c2*1-2-3-4-5-6-7-8-9-10-11-12-14-17-15-13-16-18(19(17)21)20(22)23;/h2*13,15-16,21H,2-12,14H2,1H3,(H,22,23);/q;;+2/p-2. The van der Waals surface area contributed by atoms with Gasteiger partial charge >= 0.3 is 43.7 Å². The quantitative estimate of drug-likeness (QED) is 0.0755.